The van der Waals surface area contributed by atoms with Crippen LogP contribution in [0.3, 0.4) is 0 Å². The van der Waals surface area contributed by atoms with Gasteiger partial charge in [-0.2, -0.15) is 0 Å². The van der Waals surface area contributed by atoms with E-state index in [0.29, 0.717) is 0 Å². The molecule has 4 saturated carbocycles. The number of fused-ring (bicyclic) bond motifs is 4. The molecule has 13 rings (SSSR count). The summed E-state index contributed by atoms with van der Waals surface area (Å²) in [7, 11) is 0. The molecule has 7 aromatic carbocycles. The number of anilines is 6. The predicted octanol–water partition coefficient (Wildman–Crippen LogP) is 16.1. The molecule has 0 amide bonds. The normalized spacial score (nSPS) is 21.4. The van der Waals surface area contributed by atoms with E-state index in [9.17, 15) is 0 Å². The Labute approximate surface area is 420 Å². The smallest absolute Gasteiger partial charge is 0.252 e. The van der Waals surface area contributed by atoms with Crippen molar-refractivity contribution in [2.45, 2.75) is 142 Å². The number of hydrogen-bond donors (Lipinski definition) is 0. The average molecular weight is 917 g/mol. The molecule has 6 aliphatic rings. The van der Waals surface area contributed by atoms with E-state index in [1.54, 1.807) is 5.56 Å². The number of hydrogen-bond acceptors (Lipinski definition) is 2. The molecule has 4 fully saturated rings. The fraction of sp³-hybridized carbons (Fsp3) is 0.373. The SMILES string of the molecule is CC(C)(C)c1ccc(N2c3ccc(C(C)(C)C)cc3B3c4ccc(C(C)(C)c5ccccc5)cc4N(c4ccc(C(C)(C)C)cc4-c4ccccc4)c4cc(C56CC7CC(CC(C7)C5)C6)cc2c43)cc1. The van der Waals surface area contributed by atoms with Gasteiger partial charge in [0.05, 0.1) is 5.69 Å². The number of rotatable bonds is 6. The van der Waals surface area contributed by atoms with Crippen molar-refractivity contribution in [1.29, 1.82) is 0 Å². The summed E-state index contributed by atoms with van der Waals surface area (Å²) in [6.07, 6.45) is 8.22. The molecule has 0 radical (unpaired) electrons. The fourth-order valence-electron chi connectivity index (χ4n) is 14.3. The van der Waals surface area contributed by atoms with Crippen LogP contribution in [0.5, 0.6) is 0 Å². The summed E-state index contributed by atoms with van der Waals surface area (Å²) in [6, 6.07) is 60.0. The van der Waals surface area contributed by atoms with E-state index < -0.39 is 0 Å². The molecule has 0 atom stereocenters. The molecule has 2 heterocycles. The Balaban J connectivity index is 1.21. The van der Waals surface area contributed by atoms with Gasteiger partial charge in [-0.15, -0.1) is 0 Å². The summed E-state index contributed by atoms with van der Waals surface area (Å²) in [4.78, 5) is 5.44. The lowest BCUT2D eigenvalue weighted by atomic mass is 9.33. The summed E-state index contributed by atoms with van der Waals surface area (Å²) in [5.41, 5.74) is 22.8. The Morgan fingerprint density at radius 1 is 0.414 bits per heavy atom. The van der Waals surface area contributed by atoms with E-state index in [2.05, 4.69) is 238 Å². The lowest BCUT2D eigenvalue weighted by molar-refractivity contribution is -0.00514. The van der Waals surface area contributed by atoms with Crippen molar-refractivity contribution >= 4 is 57.2 Å². The fourth-order valence-corrected chi connectivity index (χ4v) is 14.3. The van der Waals surface area contributed by atoms with Crippen molar-refractivity contribution in [3.8, 4) is 11.1 Å². The minimum Gasteiger partial charge on any atom is -0.311 e. The Bertz CT molecular complexity index is 3120. The predicted molar refractivity (Wildman–Crippen MR) is 300 cm³/mol. The van der Waals surface area contributed by atoms with Crippen molar-refractivity contribution in [3.63, 3.8) is 0 Å². The molecular formula is C67H73BN2. The highest BCUT2D eigenvalue weighted by Gasteiger charge is 2.53. The van der Waals surface area contributed by atoms with E-state index in [1.807, 2.05) is 0 Å². The first-order valence-corrected chi connectivity index (χ1v) is 26.7. The Morgan fingerprint density at radius 2 is 0.929 bits per heavy atom. The van der Waals surface area contributed by atoms with Crippen LogP contribution in [0.15, 0.2) is 152 Å². The molecule has 70 heavy (non-hydrogen) atoms. The molecule has 354 valence electrons. The van der Waals surface area contributed by atoms with Crippen LogP contribution in [-0.2, 0) is 27.1 Å². The summed E-state index contributed by atoms with van der Waals surface area (Å²) < 4.78 is 0. The molecule has 4 bridgehead atoms. The van der Waals surface area contributed by atoms with Crippen LogP contribution in [0.25, 0.3) is 11.1 Å². The zero-order chi connectivity index (χ0) is 48.7. The minimum atomic E-state index is -0.229. The highest BCUT2D eigenvalue weighted by Crippen LogP contribution is 2.62. The molecule has 2 nitrogen and oxygen atoms in total. The molecule has 7 aromatic rings. The molecule has 3 heteroatoms. The van der Waals surface area contributed by atoms with Crippen molar-refractivity contribution < 1.29 is 0 Å². The summed E-state index contributed by atoms with van der Waals surface area (Å²) >= 11 is 0. The molecule has 4 aliphatic carbocycles. The molecular weight excluding hydrogens is 844 g/mol. The molecule has 0 unspecified atom stereocenters. The molecule has 0 aromatic heterocycles. The van der Waals surface area contributed by atoms with Gasteiger partial charge in [0.25, 0.3) is 6.71 Å². The van der Waals surface area contributed by atoms with Crippen LogP contribution >= 0.6 is 0 Å². The van der Waals surface area contributed by atoms with Crippen LogP contribution in [0, 0.1) is 17.8 Å². The lowest BCUT2D eigenvalue weighted by Crippen LogP contribution is -2.62. The van der Waals surface area contributed by atoms with Gasteiger partial charge in [0.15, 0.2) is 0 Å². The summed E-state index contributed by atoms with van der Waals surface area (Å²) in [5, 5.41) is 0. The number of benzene rings is 7. The Morgan fingerprint density at radius 3 is 1.51 bits per heavy atom. The third-order valence-electron chi connectivity index (χ3n) is 18.0. The van der Waals surface area contributed by atoms with Crippen LogP contribution in [0.1, 0.15) is 148 Å². The summed E-state index contributed by atoms with van der Waals surface area (Å²) in [6.45, 7) is 26.0. The Hall–Kier alpha value is -5.80. The van der Waals surface area contributed by atoms with Crippen LogP contribution in [0.4, 0.5) is 34.1 Å². The zero-order valence-corrected chi connectivity index (χ0v) is 43.9. The van der Waals surface area contributed by atoms with Gasteiger partial charge in [-0.3, -0.25) is 0 Å². The van der Waals surface area contributed by atoms with Gasteiger partial charge in [0, 0.05) is 39.4 Å². The molecule has 0 N–H and O–H groups in total. The first-order chi connectivity index (χ1) is 33.3. The van der Waals surface area contributed by atoms with E-state index in [1.165, 1.54) is 128 Å². The highest BCUT2D eigenvalue weighted by molar-refractivity contribution is 7.00. The minimum absolute atomic E-state index is 0.0189. The number of nitrogens with zero attached hydrogens (tertiary/aromatic N) is 2. The zero-order valence-electron chi connectivity index (χ0n) is 43.9. The van der Waals surface area contributed by atoms with Crippen molar-refractivity contribution in [2.24, 2.45) is 17.8 Å². The first-order valence-electron chi connectivity index (χ1n) is 26.7. The average Bonchev–Trinajstić information content (AvgIpc) is 3.32. The van der Waals surface area contributed by atoms with Gasteiger partial charge in [-0.1, -0.05) is 179 Å². The quantitative estimate of drug-likeness (QED) is 0.153. The van der Waals surface area contributed by atoms with Crippen molar-refractivity contribution in [2.75, 3.05) is 9.80 Å². The van der Waals surface area contributed by atoms with E-state index in [-0.39, 0.29) is 33.8 Å². The van der Waals surface area contributed by atoms with Crippen molar-refractivity contribution in [1.82, 2.24) is 0 Å². The van der Waals surface area contributed by atoms with Gasteiger partial charge in [-0.25, -0.2) is 0 Å². The van der Waals surface area contributed by atoms with Gasteiger partial charge in [0.2, 0.25) is 0 Å². The lowest BCUT2D eigenvalue weighted by Gasteiger charge is -2.57. The standard InChI is InChI=1S/C67H73BN2/c1-63(2,3)47-22-27-53(28-23-47)69-58-31-26-50(65(7,8)9)36-56(58)68-55-29-24-51(66(10,11)48-20-16-13-17-21-48)37-59(55)70(57-30-25-49(64(4,5)6)35-54(57)46-18-14-12-15-19-46)61-39-52(38-60(69)62(61)68)67-40-43-32-44(41-67)34-45(33-43)42-67/h12-31,35-39,43-45H,32-34,40-42H2,1-11H3. The van der Waals surface area contributed by atoms with Crippen LogP contribution in [-0.4, -0.2) is 6.71 Å². The third-order valence-corrected chi connectivity index (χ3v) is 18.0. The largest absolute Gasteiger partial charge is 0.311 e. The third kappa shape index (κ3) is 7.34. The monoisotopic (exact) mass is 917 g/mol. The maximum Gasteiger partial charge on any atom is 0.252 e. The maximum absolute atomic E-state index is 2.76. The Kier molecular flexibility index (Phi) is 10.3. The summed E-state index contributed by atoms with van der Waals surface area (Å²) in [5.74, 6) is 2.50. The van der Waals surface area contributed by atoms with Crippen LogP contribution in [0.2, 0.25) is 0 Å². The second-order valence-corrected chi connectivity index (χ2v) is 26.2. The second kappa shape index (κ2) is 15.9. The molecule has 0 spiro atoms. The first kappa shape index (κ1) is 45.4. The highest BCUT2D eigenvalue weighted by atomic mass is 15.2. The van der Waals surface area contributed by atoms with Crippen molar-refractivity contribution in [3.05, 3.63) is 185 Å². The second-order valence-electron chi connectivity index (χ2n) is 26.2. The molecule has 0 saturated heterocycles. The topological polar surface area (TPSA) is 6.48 Å². The maximum atomic E-state index is 2.76. The van der Waals surface area contributed by atoms with Gasteiger partial charge < -0.3 is 9.80 Å². The van der Waals surface area contributed by atoms with Crippen LogP contribution < -0.4 is 26.2 Å². The van der Waals surface area contributed by atoms with E-state index in [0.717, 1.165) is 17.8 Å². The van der Waals surface area contributed by atoms with Gasteiger partial charge in [-0.05, 0) is 182 Å². The van der Waals surface area contributed by atoms with E-state index >= 15 is 0 Å². The van der Waals surface area contributed by atoms with E-state index in [4.69, 9.17) is 0 Å². The van der Waals surface area contributed by atoms with Gasteiger partial charge in [0.1, 0.15) is 0 Å². The van der Waals surface area contributed by atoms with Gasteiger partial charge >= 0.3 is 0 Å². The molecule has 2 aliphatic heterocycles.